The minimum atomic E-state index is -0.543. The Morgan fingerprint density at radius 1 is 0.944 bits per heavy atom. The molecule has 0 amide bonds. The molecule has 0 aliphatic carbocycles. The van der Waals surface area contributed by atoms with Gasteiger partial charge in [0.1, 0.15) is 17.5 Å². The number of ketones is 1. The molecule has 6 N–H and O–H groups in total. The fourth-order valence-corrected chi connectivity index (χ4v) is 4.48. The van der Waals surface area contributed by atoms with Gasteiger partial charge in [0.05, 0.1) is 33.4 Å². The zero-order chi connectivity index (χ0) is 25.7. The lowest BCUT2D eigenvalue weighted by atomic mass is 9.93. The number of rotatable bonds is 3. The highest BCUT2D eigenvalue weighted by atomic mass is 16.1. The van der Waals surface area contributed by atoms with Gasteiger partial charge in [0.25, 0.3) is 5.56 Å². The Bertz CT molecular complexity index is 1820. The first-order chi connectivity index (χ1) is 17.2. The van der Waals surface area contributed by atoms with Crippen molar-refractivity contribution < 1.29 is 4.79 Å². The number of nitrogens with zero attached hydrogens (tertiary/aromatic N) is 4. The van der Waals surface area contributed by atoms with Gasteiger partial charge in [-0.1, -0.05) is 48.0 Å². The summed E-state index contributed by atoms with van der Waals surface area (Å²) in [4.78, 5) is 35.8. The van der Waals surface area contributed by atoms with Crippen LogP contribution in [0, 0.1) is 18.3 Å². The minimum absolute atomic E-state index is 0.0183. The topological polar surface area (TPSA) is 167 Å². The third-order valence-corrected chi connectivity index (χ3v) is 6.17. The van der Waals surface area contributed by atoms with Gasteiger partial charge in [-0.15, -0.1) is 0 Å². The molecule has 0 bridgehead atoms. The van der Waals surface area contributed by atoms with Crippen LogP contribution in [0.3, 0.4) is 0 Å². The van der Waals surface area contributed by atoms with E-state index in [1.165, 1.54) is 11.5 Å². The van der Waals surface area contributed by atoms with Crippen molar-refractivity contribution in [3.8, 4) is 22.9 Å². The molecular weight excluding hydrogens is 454 g/mol. The first-order valence-electron chi connectivity index (χ1n) is 11.0. The molecule has 0 aliphatic heterocycles. The van der Waals surface area contributed by atoms with Crippen LogP contribution in [0.4, 0.5) is 17.2 Å². The molecule has 0 radical (unpaired) electrons. The van der Waals surface area contributed by atoms with Crippen LogP contribution in [0.5, 0.6) is 0 Å². The maximum atomic E-state index is 13.9. The number of carbonyl (C=O) groups is 1. The first-order valence-corrected chi connectivity index (χ1v) is 11.0. The van der Waals surface area contributed by atoms with Crippen molar-refractivity contribution in [1.29, 1.82) is 5.26 Å². The van der Waals surface area contributed by atoms with E-state index in [-0.39, 0.29) is 45.0 Å². The number of fused-ring (bicyclic) bond motifs is 2. The van der Waals surface area contributed by atoms with Gasteiger partial charge in [-0.3, -0.25) is 14.2 Å². The number of aromatic nitrogens is 3. The van der Waals surface area contributed by atoms with Crippen molar-refractivity contribution in [2.24, 2.45) is 0 Å². The summed E-state index contributed by atoms with van der Waals surface area (Å²) in [5, 5.41) is 10.1. The van der Waals surface area contributed by atoms with Crippen LogP contribution in [0.1, 0.15) is 28.4 Å². The maximum absolute atomic E-state index is 13.9. The van der Waals surface area contributed by atoms with Gasteiger partial charge in [-0.2, -0.15) is 5.26 Å². The monoisotopic (exact) mass is 475 g/mol. The molecule has 0 fully saturated rings. The fraction of sp³-hybridized carbons (Fsp3) is 0.0741. The average molecular weight is 476 g/mol. The number of hydrogen-bond donors (Lipinski definition) is 3. The summed E-state index contributed by atoms with van der Waals surface area (Å²) in [6.07, 6.45) is 0. The number of benzene rings is 2. The average Bonchev–Trinajstić information content (AvgIpc) is 2.84. The Labute approximate surface area is 205 Å². The van der Waals surface area contributed by atoms with Crippen molar-refractivity contribution in [3.05, 3.63) is 81.6 Å². The first kappa shape index (κ1) is 22.6. The van der Waals surface area contributed by atoms with Gasteiger partial charge in [-0.25, -0.2) is 9.97 Å². The molecule has 3 heterocycles. The summed E-state index contributed by atoms with van der Waals surface area (Å²) < 4.78 is 1.35. The van der Waals surface area contributed by atoms with Crippen molar-refractivity contribution in [3.63, 3.8) is 0 Å². The van der Waals surface area contributed by atoms with Crippen molar-refractivity contribution >= 4 is 45.0 Å². The Hall–Kier alpha value is -5.23. The van der Waals surface area contributed by atoms with E-state index >= 15 is 0 Å². The fourth-order valence-electron chi connectivity index (χ4n) is 4.48. The SMILES string of the molecule is CC(=O)c1c(-c2ccccc2)c2c(N)c3c(N)c(C#N)c(N)nc3nc2n(-c2ccc(C)cc2)c1=O. The molecule has 0 aliphatic rings. The molecule has 2 aromatic carbocycles. The second kappa shape index (κ2) is 8.21. The highest BCUT2D eigenvalue weighted by molar-refractivity contribution is 6.19. The molecule has 0 atom stereocenters. The van der Waals surface area contributed by atoms with Gasteiger partial charge >= 0.3 is 0 Å². The highest BCUT2D eigenvalue weighted by Crippen LogP contribution is 2.40. The molecule has 5 rings (SSSR count). The summed E-state index contributed by atoms with van der Waals surface area (Å²) in [6.45, 7) is 3.26. The van der Waals surface area contributed by atoms with E-state index in [4.69, 9.17) is 17.2 Å². The Morgan fingerprint density at radius 2 is 1.61 bits per heavy atom. The van der Waals surface area contributed by atoms with E-state index in [0.717, 1.165) is 5.56 Å². The zero-order valence-electron chi connectivity index (χ0n) is 19.5. The summed E-state index contributed by atoms with van der Waals surface area (Å²) >= 11 is 0. The smallest absolute Gasteiger partial charge is 0.268 e. The number of carbonyl (C=O) groups excluding carboxylic acids is 1. The molecule has 9 nitrogen and oxygen atoms in total. The van der Waals surface area contributed by atoms with Crippen molar-refractivity contribution in [1.82, 2.24) is 14.5 Å². The number of anilines is 3. The van der Waals surface area contributed by atoms with Crippen LogP contribution in [-0.4, -0.2) is 20.3 Å². The van der Waals surface area contributed by atoms with Gasteiger partial charge in [0.2, 0.25) is 0 Å². The third kappa shape index (κ3) is 3.24. The minimum Gasteiger partial charge on any atom is -0.397 e. The number of nitrogens with two attached hydrogens (primary N) is 3. The summed E-state index contributed by atoms with van der Waals surface area (Å²) in [5.41, 5.74) is 21.3. The number of aryl methyl sites for hydroxylation is 1. The molecule has 36 heavy (non-hydrogen) atoms. The lowest BCUT2D eigenvalue weighted by Gasteiger charge is -2.20. The van der Waals surface area contributed by atoms with Crippen LogP contribution >= 0.6 is 0 Å². The number of pyridine rings is 3. The highest BCUT2D eigenvalue weighted by Gasteiger charge is 2.27. The van der Waals surface area contributed by atoms with E-state index in [1.54, 1.807) is 36.4 Å². The molecule has 0 saturated heterocycles. The Balaban J connectivity index is 2.13. The van der Waals surface area contributed by atoms with Crippen LogP contribution in [0.15, 0.2) is 59.4 Å². The number of Topliss-reactive ketones (excluding diaryl/α,β-unsaturated/α-hetero) is 1. The Morgan fingerprint density at radius 3 is 2.22 bits per heavy atom. The molecule has 176 valence electrons. The predicted octanol–water partition coefficient (Wildman–Crippen LogP) is 3.73. The van der Waals surface area contributed by atoms with E-state index in [2.05, 4.69) is 9.97 Å². The second-order valence-electron chi connectivity index (χ2n) is 8.47. The van der Waals surface area contributed by atoms with Crippen LogP contribution < -0.4 is 22.8 Å². The molecule has 9 heteroatoms. The summed E-state index contributed by atoms with van der Waals surface area (Å²) in [5.74, 6) is -0.524. The maximum Gasteiger partial charge on any atom is 0.268 e. The number of nitrogen functional groups attached to an aromatic ring is 3. The lowest BCUT2D eigenvalue weighted by molar-refractivity contribution is 0.101. The van der Waals surface area contributed by atoms with E-state index in [0.29, 0.717) is 22.2 Å². The van der Waals surface area contributed by atoms with E-state index < -0.39 is 11.3 Å². The quantitative estimate of drug-likeness (QED) is 0.262. The molecular formula is C27H21N7O2. The van der Waals surface area contributed by atoms with Gasteiger partial charge in [-0.05, 0) is 31.5 Å². The van der Waals surface area contributed by atoms with Crippen molar-refractivity contribution in [2.75, 3.05) is 17.2 Å². The van der Waals surface area contributed by atoms with Gasteiger partial charge in [0.15, 0.2) is 17.1 Å². The summed E-state index contributed by atoms with van der Waals surface area (Å²) in [6, 6.07) is 18.2. The third-order valence-electron chi connectivity index (χ3n) is 6.17. The number of hydrogen-bond acceptors (Lipinski definition) is 8. The van der Waals surface area contributed by atoms with Crippen LogP contribution in [-0.2, 0) is 0 Å². The second-order valence-corrected chi connectivity index (χ2v) is 8.47. The lowest BCUT2D eigenvalue weighted by Crippen LogP contribution is -2.27. The van der Waals surface area contributed by atoms with E-state index in [1.807, 2.05) is 31.2 Å². The van der Waals surface area contributed by atoms with Crippen LogP contribution in [0.25, 0.3) is 38.9 Å². The van der Waals surface area contributed by atoms with Crippen molar-refractivity contribution in [2.45, 2.75) is 13.8 Å². The van der Waals surface area contributed by atoms with E-state index in [9.17, 15) is 14.9 Å². The zero-order valence-corrected chi connectivity index (χ0v) is 19.5. The molecule has 5 aromatic rings. The van der Waals surface area contributed by atoms with Gasteiger partial charge in [0, 0.05) is 5.56 Å². The normalized spacial score (nSPS) is 11.0. The van der Waals surface area contributed by atoms with Crippen LogP contribution in [0.2, 0.25) is 0 Å². The molecule has 0 unspecified atom stereocenters. The molecule has 0 spiro atoms. The van der Waals surface area contributed by atoms with Gasteiger partial charge < -0.3 is 17.2 Å². The number of nitriles is 1. The largest absolute Gasteiger partial charge is 0.397 e. The Kier molecular flexibility index (Phi) is 5.15. The molecule has 0 saturated carbocycles. The molecule has 3 aromatic heterocycles. The standard InChI is InChI=1S/C27H21N7O2/c1-13-8-10-16(11-9-13)34-26-20(19(15-6-4-3-5-7-15)18(14(2)35)27(34)36)23(30)21-22(29)17(12-28)24(31)32-25(21)33-26/h3-11H,1-2H3,(H6,29,30,31,32,33). The predicted molar refractivity (Wildman–Crippen MR) is 141 cm³/mol. The summed E-state index contributed by atoms with van der Waals surface area (Å²) in [7, 11) is 0.